The molecular weight excluding hydrogens is 242 g/mol. The molecule has 2 aromatic heterocycles. The number of pyridine rings is 1. The number of fused-ring (bicyclic) bond motifs is 1. The van der Waals surface area contributed by atoms with Gasteiger partial charge >= 0.3 is 0 Å². The molecular formula is C14H19N3S. The molecule has 0 aromatic carbocycles. The molecule has 0 spiro atoms. The van der Waals surface area contributed by atoms with E-state index in [4.69, 9.17) is 4.98 Å². The molecule has 0 saturated carbocycles. The van der Waals surface area contributed by atoms with Crippen molar-refractivity contribution in [2.45, 2.75) is 44.4 Å². The zero-order valence-electron chi connectivity index (χ0n) is 10.8. The first kappa shape index (κ1) is 12.0. The third-order valence-corrected chi connectivity index (χ3v) is 4.85. The smallest absolute Gasteiger partial charge is 0.160 e. The number of nitrogens with zero attached hydrogens (tertiary/aromatic N) is 3. The second kappa shape index (κ2) is 5.31. The Morgan fingerprint density at radius 3 is 3.22 bits per heavy atom. The van der Waals surface area contributed by atoms with E-state index >= 15 is 0 Å². The van der Waals surface area contributed by atoms with Crippen LogP contribution in [0.4, 0.5) is 0 Å². The van der Waals surface area contributed by atoms with Gasteiger partial charge < -0.3 is 4.57 Å². The molecule has 2 aromatic rings. The Labute approximate surface area is 112 Å². The highest BCUT2D eigenvalue weighted by atomic mass is 32.2. The van der Waals surface area contributed by atoms with E-state index < -0.39 is 0 Å². The van der Waals surface area contributed by atoms with Gasteiger partial charge in [0.1, 0.15) is 11.3 Å². The Morgan fingerprint density at radius 2 is 2.44 bits per heavy atom. The largest absolute Gasteiger partial charge is 0.312 e. The molecule has 96 valence electrons. The lowest BCUT2D eigenvalue weighted by molar-refractivity contribution is 0.614. The van der Waals surface area contributed by atoms with Crippen molar-refractivity contribution in [2.24, 2.45) is 0 Å². The number of hydrogen-bond donors (Lipinski definition) is 0. The van der Waals surface area contributed by atoms with Crippen LogP contribution in [0.25, 0.3) is 11.2 Å². The molecule has 1 fully saturated rings. The number of rotatable bonds is 4. The van der Waals surface area contributed by atoms with Crippen LogP contribution >= 0.6 is 11.8 Å². The highest BCUT2D eigenvalue weighted by molar-refractivity contribution is 8.00. The zero-order chi connectivity index (χ0) is 12.4. The molecule has 1 saturated heterocycles. The molecule has 1 atom stereocenters. The predicted molar refractivity (Wildman–Crippen MR) is 77.0 cm³/mol. The first-order valence-corrected chi connectivity index (χ1v) is 7.85. The summed E-state index contributed by atoms with van der Waals surface area (Å²) in [6.45, 7) is 3.29. The minimum absolute atomic E-state index is 0.750. The van der Waals surface area contributed by atoms with Crippen LogP contribution in [-0.2, 0) is 13.0 Å². The van der Waals surface area contributed by atoms with Gasteiger partial charge in [0.05, 0.1) is 0 Å². The molecule has 0 N–H and O–H groups in total. The lowest BCUT2D eigenvalue weighted by atomic mass is 10.2. The molecule has 4 heteroatoms. The van der Waals surface area contributed by atoms with Crippen LogP contribution in [0.1, 0.15) is 32.0 Å². The number of thioether (sulfide) groups is 1. The first-order valence-electron chi connectivity index (χ1n) is 6.80. The fraction of sp³-hybridized carbons (Fsp3) is 0.571. The minimum atomic E-state index is 0.750. The molecule has 1 aliphatic heterocycles. The van der Waals surface area contributed by atoms with Crippen molar-refractivity contribution < 1.29 is 0 Å². The molecule has 0 radical (unpaired) electrons. The maximum atomic E-state index is 4.74. The molecule has 0 bridgehead atoms. The van der Waals surface area contributed by atoms with Crippen LogP contribution in [0.2, 0.25) is 0 Å². The monoisotopic (exact) mass is 261 g/mol. The van der Waals surface area contributed by atoms with Gasteiger partial charge in [-0.25, -0.2) is 9.97 Å². The SMILES string of the molecule is CCCc1nc2cccnc2n1CC1CCCS1. The van der Waals surface area contributed by atoms with Crippen molar-refractivity contribution >= 4 is 22.9 Å². The highest BCUT2D eigenvalue weighted by Crippen LogP contribution is 2.29. The molecule has 0 amide bonds. The summed E-state index contributed by atoms with van der Waals surface area (Å²) in [5, 5.41) is 0.750. The standard InChI is InChI=1S/C14H19N3S/c1-2-5-13-16-12-7-3-8-15-14(12)17(13)10-11-6-4-9-18-11/h3,7-8,11H,2,4-6,9-10H2,1H3. The quantitative estimate of drug-likeness (QED) is 0.846. The van der Waals surface area contributed by atoms with Gasteiger partial charge in [-0.15, -0.1) is 0 Å². The van der Waals surface area contributed by atoms with Crippen LogP contribution in [0.3, 0.4) is 0 Å². The molecule has 1 unspecified atom stereocenters. The first-order chi connectivity index (χ1) is 8.88. The van der Waals surface area contributed by atoms with Crippen molar-refractivity contribution in [1.82, 2.24) is 14.5 Å². The van der Waals surface area contributed by atoms with Gasteiger partial charge in [0.15, 0.2) is 5.65 Å². The Bertz CT molecular complexity index is 529. The molecule has 1 aliphatic rings. The van der Waals surface area contributed by atoms with E-state index in [9.17, 15) is 0 Å². The van der Waals surface area contributed by atoms with E-state index in [1.807, 2.05) is 12.3 Å². The third kappa shape index (κ3) is 2.26. The molecule has 3 nitrogen and oxygen atoms in total. The van der Waals surface area contributed by atoms with Gasteiger partial charge in [-0.2, -0.15) is 11.8 Å². The van der Waals surface area contributed by atoms with E-state index in [1.165, 1.54) is 24.4 Å². The predicted octanol–water partition coefficient (Wildman–Crippen LogP) is 3.28. The lowest BCUT2D eigenvalue weighted by Gasteiger charge is -2.12. The summed E-state index contributed by atoms with van der Waals surface area (Å²) in [4.78, 5) is 9.25. The van der Waals surface area contributed by atoms with Crippen LogP contribution in [-0.4, -0.2) is 25.5 Å². The van der Waals surface area contributed by atoms with E-state index in [0.717, 1.165) is 35.8 Å². The highest BCUT2D eigenvalue weighted by Gasteiger charge is 2.19. The topological polar surface area (TPSA) is 30.7 Å². The van der Waals surface area contributed by atoms with Gasteiger partial charge in [0.25, 0.3) is 0 Å². The van der Waals surface area contributed by atoms with Gasteiger partial charge in [-0.3, -0.25) is 0 Å². The second-order valence-corrected chi connectivity index (χ2v) is 6.28. The van der Waals surface area contributed by atoms with Crippen molar-refractivity contribution in [3.05, 3.63) is 24.2 Å². The van der Waals surface area contributed by atoms with Crippen molar-refractivity contribution in [1.29, 1.82) is 0 Å². The molecule has 3 rings (SSSR count). The Morgan fingerprint density at radius 1 is 1.50 bits per heavy atom. The third-order valence-electron chi connectivity index (χ3n) is 3.47. The van der Waals surface area contributed by atoms with E-state index in [0.29, 0.717) is 0 Å². The maximum Gasteiger partial charge on any atom is 0.160 e. The van der Waals surface area contributed by atoms with Gasteiger partial charge in [-0.05, 0) is 37.1 Å². The summed E-state index contributed by atoms with van der Waals surface area (Å²) in [5.74, 6) is 2.52. The Balaban J connectivity index is 1.97. The Kier molecular flexibility index (Phi) is 3.55. The van der Waals surface area contributed by atoms with Gasteiger partial charge in [0, 0.05) is 24.4 Å². The van der Waals surface area contributed by atoms with Gasteiger partial charge in [0.2, 0.25) is 0 Å². The average molecular weight is 261 g/mol. The summed E-state index contributed by atoms with van der Waals surface area (Å²) in [7, 11) is 0. The minimum Gasteiger partial charge on any atom is -0.312 e. The van der Waals surface area contributed by atoms with E-state index in [-0.39, 0.29) is 0 Å². The summed E-state index contributed by atoms with van der Waals surface area (Å²) >= 11 is 2.10. The van der Waals surface area contributed by atoms with Crippen LogP contribution in [0, 0.1) is 0 Å². The van der Waals surface area contributed by atoms with E-state index in [2.05, 4.69) is 34.3 Å². The summed E-state index contributed by atoms with van der Waals surface area (Å²) in [5.41, 5.74) is 2.11. The summed E-state index contributed by atoms with van der Waals surface area (Å²) < 4.78 is 2.35. The Hall–Kier alpha value is -1.03. The normalized spacial score (nSPS) is 19.7. The average Bonchev–Trinajstić information content (AvgIpc) is 3.00. The number of imidazole rings is 1. The van der Waals surface area contributed by atoms with Crippen LogP contribution < -0.4 is 0 Å². The summed E-state index contributed by atoms with van der Waals surface area (Å²) in [6.07, 6.45) is 6.76. The van der Waals surface area contributed by atoms with Crippen molar-refractivity contribution in [3.8, 4) is 0 Å². The molecule has 3 heterocycles. The van der Waals surface area contributed by atoms with Crippen molar-refractivity contribution in [2.75, 3.05) is 5.75 Å². The molecule has 18 heavy (non-hydrogen) atoms. The maximum absolute atomic E-state index is 4.74. The van der Waals surface area contributed by atoms with E-state index in [1.54, 1.807) is 0 Å². The number of aryl methyl sites for hydroxylation is 1. The summed E-state index contributed by atoms with van der Waals surface area (Å²) in [6, 6.07) is 4.04. The van der Waals surface area contributed by atoms with Crippen LogP contribution in [0.5, 0.6) is 0 Å². The van der Waals surface area contributed by atoms with Crippen LogP contribution in [0.15, 0.2) is 18.3 Å². The molecule has 0 aliphatic carbocycles. The fourth-order valence-electron chi connectivity index (χ4n) is 2.60. The second-order valence-electron chi connectivity index (χ2n) is 4.87. The lowest BCUT2D eigenvalue weighted by Crippen LogP contribution is -2.13. The van der Waals surface area contributed by atoms with Gasteiger partial charge in [-0.1, -0.05) is 6.92 Å². The fourth-order valence-corrected chi connectivity index (χ4v) is 3.86. The number of hydrogen-bond acceptors (Lipinski definition) is 3. The zero-order valence-corrected chi connectivity index (χ0v) is 11.6. The van der Waals surface area contributed by atoms with Crippen molar-refractivity contribution in [3.63, 3.8) is 0 Å². The number of aromatic nitrogens is 3.